The number of nitrogens with zero attached hydrogens (tertiary/aromatic N) is 3. The predicted molar refractivity (Wildman–Crippen MR) is 84.1 cm³/mol. The Morgan fingerprint density at radius 2 is 2.14 bits per heavy atom. The molecule has 1 aliphatic heterocycles. The molecule has 1 aromatic heterocycles. The summed E-state index contributed by atoms with van der Waals surface area (Å²) in [6.07, 6.45) is 3.74. The van der Waals surface area contributed by atoms with Gasteiger partial charge < -0.3 is 10.1 Å². The third kappa shape index (κ3) is 4.78. The summed E-state index contributed by atoms with van der Waals surface area (Å²) < 4.78 is 7.75. The van der Waals surface area contributed by atoms with Crippen molar-refractivity contribution in [3.8, 4) is 0 Å². The van der Waals surface area contributed by atoms with Crippen molar-refractivity contribution in [2.75, 3.05) is 26.3 Å². The summed E-state index contributed by atoms with van der Waals surface area (Å²) in [6, 6.07) is 0. The standard InChI is InChI=1S/C16H30N4O/c1-13(2)8-17-10-16(5-6-21-11-16)7-15-18-12-19-20(15)9-14(3)4/h12-14,17H,5-11H2,1-4H3. The van der Waals surface area contributed by atoms with E-state index >= 15 is 0 Å². The molecule has 1 atom stereocenters. The van der Waals surface area contributed by atoms with Gasteiger partial charge in [-0.1, -0.05) is 27.7 Å². The fourth-order valence-electron chi connectivity index (χ4n) is 2.88. The second-order valence-electron chi connectivity index (χ2n) is 7.26. The maximum absolute atomic E-state index is 5.69. The molecule has 1 unspecified atom stereocenters. The van der Waals surface area contributed by atoms with Crippen LogP contribution in [0, 0.1) is 17.3 Å². The van der Waals surface area contributed by atoms with E-state index in [1.807, 2.05) is 0 Å². The Morgan fingerprint density at radius 1 is 1.33 bits per heavy atom. The van der Waals surface area contributed by atoms with Crippen LogP contribution >= 0.6 is 0 Å². The number of hydrogen-bond donors (Lipinski definition) is 1. The molecule has 5 nitrogen and oxygen atoms in total. The molecule has 0 aliphatic carbocycles. The van der Waals surface area contributed by atoms with Gasteiger partial charge in [-0.15, -0.1) is 0 Å². The molecule has 0 aromatic carbocycles. The van der Waals surface area contributed by atoms with Gasteiger partial charge in [0.2, 0.25) is 0 Å². The molecule has 1 saturated heterocycles. The van der Waals surface area contributed by atoms with Gasteiger partial charge in [0.15, 0.2) is 0 Å². The van der Waals surface area contributed by atoms with Gasteiger partial charge >= 0.3 is 0 Å². The third-order valence-electron chi connectivity index (χ3n) is 4.00. The van der Waals surface area contributed by atoms with Crippen molar-refractivity contribution in [2.24, 2.45) is 17.3 Å². The van der Waals surface area contributed by atoms with Crippen molar-refractivity contribution < 1.29 is 4.74 Å². The fourth-order valence-corrected chi connectivity index (χ4v) is 2.88. The normalized spacial score (nSPS) is 22.6. The molecule has 2 rings (SSSR count). The SMILES string of the molecule is CC(C)CNCC1(Cc2ncnn2CC(C)C)CCOC1. The first-order chi connectivity index (χ1) is 10.0. The van der Waals surface area contributed by atoms with Crippen molar-refractivity contribution >= 4 is 0 Å². The Bertz CT molecular complexity index is 422. The van der Waals surface area contributed by atoms with Crippen LogP contribution in [-0.4, -0.2) is 41.1 Å². The van der Waals surface area contributed by atoms with Gasteiger partial charge in [-0.2, -0.15) is 5.10 Å². The van der Waals surface area contributed by atoms with Crippen LogP contribution in [0.15, 0.2) is 6.33 Å². The molecule has 1 aromatic rings. The molecule has 0 radical (unpaired) electrons. The molecule has 1 aliphatic rings. The zero-order valence-corrected chi connectivity index (χ0v) is 13.9. The lowest BCUT2D eigenvalue weighted by Gasteiger charge is -2.28. The number of rotatable bonds is 8. The average molecular weight is 294 g/mol. The van der Waals surface area contributed by atoms with E-state index in [9.17, 15) is 0 Å². The Balaban J connectivity index is 2.00. The lowest BCUT2D eigenvalue weighted by Crippen LogP contribution is -2.39. The van der Waals surface area contributed by atoms with Crippen molar-refractivity contribution in [3.63, 3.8) is 0 Å². The summed E-state index contributed by atoms with van der Waals surface area (Å²) in [7, 11) is 0. The highest BCUT2D eigenvalue weighted by Gasteiger charge is 2.36. The molecule has 0 amide bonds. The Kier molecular flexibility index (Phi) is 5.76. The van der Waals surface area contributed by atoms with Crippen LogP contribution in [0.5, 0.6) is 0 Å². The van der Waals surface area contributed by atoms with E-state index in [4.69, 9.17) is 4.74 Å². The second kappa shape index (κ2) is 7.36. The van der Waals surface area contributed by atoms with Gasteiger partial charge in [0, 0.05) is 31.5 Å². The smallest absolute Gasteiger partial charge is 0.138 e. The summed E-state index contributed by atoms with van der Waals surface area (Å²) in [6.45, 7) is 13.6. The van der Waals surface area contributed by atoms with Gasteiger partial charge in [-0.3, -0.25) is 0 Å². The quantitative estimate of drug-likeness (QED) is 0.798. The average Bonchev–Trinajstić information content (AvgIpc) is 3.00. The highest BCUT2D eigenvalue weighted by atomic mass is 16.5. The van der Waals surface area contributed by atoms with Crippen LogP contribution in [0.25, 0.3) is 0 Å². The zero-order valence-electron chi connectivity index (χ0n) is 13.9. The van der Waals surface area contributed by atoms with Crippen LogP contribution in [0.1, 0.15) is 39.9 Å². The maximum atomic E-state index is 5.69. The van der Waals surface area contributed by atoms with Crippen LogP contribution < -0.4 is 5.32 Å². The number of aromatic nitrogens is 3. The molecular weight excluding hydrogens is 264 g/mol. The van der Waals surface area contributed by atoms with Gasteiger partial charge in [0.05, 0.1) is 6.61 Å². The van der Waals surface area contributed by atoms with E-state index < -0.39 is 0 Å². The Labute approximate surface area is 128 Å². The van der Waals surface area contributed by atoms with E-state index in [1.165, 1.54) is 0 Å². The molecular formula is C16H30N4O. The molecule has 120 valence electrons. The maximum Gasteiger partial charge on any atom is 0.138 e. The van der Waals surface area contributed by atoms with Gasteiger partial charge in [-0.05, 0) is 24.8 Å². The zero-order chi connectivity index (χ0) is 15.3. The molecule has 1 N–H and O–H groups in total. The number of hydrogen-bond acceptors (Lipinski definition) is 4. The van der Waals surface area contributed by atoms with Crippen molar-refractivity contribution in [1.82, 2.24) is 20.1 Å². The van der Waals surface area contributed by atoms with Gasteiger partial charge in [0.1, 0.15) is 12.2 Å². The van der Waals surface area contributed by atoms with E-state index in [1.54, 1.807) is 6.33 Å². The topological polar surface area (TPSA) is 52.0 Å². The molecule has 21 heavy (non-hydrogen) atoms. The highest BCUT2D eigenvalue weighted by molar-refractivity contribution is 4.97. The molecule has 0 saturated carbocycles. The van der Waals surface area contributed by atoms with Crippen molar-refractivity contribution in [3.05, 3.63) is 12.2 Å². The van der Waals surface area contributed by atoms with E-state index in [2.05, 4.69) is 47.8 Å². The van der Waals surface area contributed by atoms with E-state index in [-0.39, 0.29) is 5.41 Å². The molecule has 1 fully saturated rings. The van der Waals surface area contributed by atoms with Crippen molar-refractivity contribution in [2.45, 2.75) is 47.1 Å². The van der Waals surface area contributed by atoms with Crippen molar-refractivity contribution in [1.29, 1.82) is 0 Å². The number of ether oxygens (including phenoxy) is 1. The lowest BCUT2D eigenvalue weighted by molar-refractivity contribution is 0.146. The first-order valence-corrected chi connectivity index (χ1v) is 8.16. The summed E-state index contributed by atoms with van der Waals surface area (Å²) in [5.74, 6) is 2.36. The molecule has 0 bridgehead atoms. The van der Waals surface area contributed by atoms with E-state index in [0.29, 0.717) is 11.8 Å². The van der Waals surface area contributed by atoms with Gasteiger partial charge in [0.25, 0.3) is 0 Å². The second-order valence-corrected chi connectivity index (χ2v) is 7.26. The van der Waals surface area contributed by atoms with E-state index in [0.717, 1.165) is 51.5 Å². The van der Waals surface area contributed by atoms with Crippen LogP contribution in [0.3, 0.4) is 0 Å². The lowest BCUT2D eigenvalue weighted by atomic mass is 9.83. The van der Waals surface area contributed by atoms with Gasteiger partial charge in [-0.25, -0.2) is 9.67 Å². The summed E-state index contributed by atoms with van der Waals surface area (Å²) in [5.41, 5.74) is 0.177. The first kappa shape index (κ1) is 16.4. The van der Waals surface area contributed by atoms with Crippen LogP contribution in [0.2, 0.25) is 0 Å². The van der Waals surface area contributed by atoms with Crippen LogP contribution in [0.4, 0.5) is 0 Å². The fraction of sp³-hybridized carbons (Fsp3) is 0.875. The minimum Gasteiger partial charge on any atom is -0.381 e. The highest BCUT2D eigenvalue weighted by Crippen LogP contribution is 2.31. The molecule has 5 heteroatoms. The van der Waals surface area contributed by atoms with Crippen LogP contribution in [-0.2, 0) is 17.7 Å². The molecule has 0 spiro atoms. The minimum absolute atomic E-state index is 0.177. The summed E-state index contributed by atoms with van der Waals surface area (Å²) in [4.78, 5) is 4.49. The first-order valence-electron chi connectivity index (χ1n) is 8.16. The monoisotopic (exact) mass is 294 g/mol. The largest absolute Gasteiger partial charge is 0.381 e. The molecule has 2 heterocycles. The summed E-state index contributed by atoms with van der Waals surface area (Å²) >= 11 is 0. The predicted octanol–water partition coefficient (Wildman–Crippen LogP) is 2.13. The Morgan fingerprint density at radius 3 is 2.76 bits per heavy atom. The minimum atomic E-state index is 0.177. The Hall–Kier alpha value is -0.940. The number of nitrogens with one attached hydrogen (secondary N) is 1. The summed E-state index contributed by atoms with van der Waals surface area (Å²) in [5, 5.41) is 7.99. The third-order valence-corrected chi connectivity index (χ3v) is 4.00.